The number of H-pyrrole nitrogens is 1. The van der Waals surface area contributed by atoms with Crippen LogP contribution in [0.15, 0.2) is 24.3 Å². The van der Waals surface area contributed by atoms with Crippen LogP contribution in [0.2, 0.25) is 0 Å². The molecule has 0 aliphatic heterocycles. The highest BCUT2D eigenvalue weighted by Gasteiger charge is 2.17. The van der Waals surface area contributed by atoms with Crippen molar-refractivity contribution >= 4 is 5.91 Å². The van der Waals surface area contributed by atoms with E-state index in [-0.39, 0.29) is 0 Å². The summed E-state index contributed by atoms with van der Waals surface area (Å²) in [5, 5.41) is 19.8. The number of carbonyl (C=O) groups is 1. The fraction of sp³-hybridized carbons (Fsp3) is 0.375. The van der Waals surface area contributed by atoms with Crippen molar-refractivity contribution in [3.63, 3.8) is 0 Å². The van der Waals surface area contributed by atoms with Crippen molar-refractivity contribution < 1.29 is 14.6 Å². The van der Waals surface area contributed by atoms with Crippen LogP contribution in [0.25, 0.3) is 0 Å². The van der Waals surface area contributed by atoms with Crippen LogP contribution in [0.4, 0.5) is 0 Å². The first-order chi connectivity index (χ1) is 10.5. The van der Waals surface area contributed by atoms with Crippen molar-refractivity contribution in [3.8, 4) is 5.75 Å². The molecule has 1 unspecified atom stereocenters. The van der Waals surface area contributed by atoms with Crippen molar-refractivity contribution in [1.82, 2.24) is 15.5 Å². The molecule has 1 heterocycles. The topological polar surface area (TPSA) is 87.2 Å². The van der Waals surface area contributed by atoms with Gasteiger partial charge in [-0.1, -0.05) is 12.1 Å². The van der Waals surface area contributed by atoms with Crippen molar-refractivity contribution in [3.05, 3.63) is 46.8 Å². The fourth-order valence-corrected chi connectivity index (χ4v) is 2.29. The average molecular weight is 303 g/mol. The molecule has 0 aliphatic carbocycles. The van der Waals surface area contributed by atoms with E-state index in [9.17, 15) is 9.90 Å². The lowest BCUT2D eigenvalue weighted by molar-refractivity contribution is -0.129. The SMILES string of the molecule is COc1ccc(C(O)C(=O)NCCc2c(C)n[nH]c2C)cc1. The van der Waals surface area contributed by atoms with E-state index in [1.165, 1.54) is 0 Å². The fourth-order valence-electron chi connectivity index (χ4n) is 2.29. The summed E-state index contributed by atoms with van der Waals surface area (Å²) in [6, 6.07) is 6.77. The molecule has 0 saturated carbocycles. The van der Waals surface area contributed by atoms with Crippen LogP contribution in [0, 0.1) is 13.8 Å². The van der Waals surface area contributed by atoms with Crippen LogP contribution in [-0.2, 0) is 11.2 Å². The summed E-state index contributed by atoms with van der Waals surface area (Å²) in [6.45, 7) is 4.32. The van der Waals surface area contributed by atoms with Crippen molar-refractivity contribution in [1.29, 1.82) is 0 Å². The van der Waals surface area contributed by atoms with E-state index in [0.29, 0.717) is 24.3 Å². The van der Waals surface area contributed by atoms with Gasteiger partial charge in [-0.2, -0.15) is 5.10 Å². The summed E-state index contributed by atoms with van der Waals surface area (Å²) in [6.07, 6.45) is -0.507. The maximum Gasteiger partial charge on any atom is 0.253 e. The third-order valence-electron chi connectivity index (χ3n) is 3.63. The number of carbonyl (C=O) groups excluding carboxylic acids is 1. The van der Waals surface area contributed by atoms with Crippen LogP contribution in [0.3, 0.4) is 0 Å². The molecule has 3 N–H and O–H groups in total. The standard InChI is InChI=1S/C16H21N3O3/c1-10-14(11(2)19-18-10)8-9-17-16(21)15(20)12-4-6-13(22-3)7-5-12/h4-7,15,20H,8-9H2,1-3H3,(H,17,21)(H,18,19). The number of hydrogen-bond acceptors (Lipinski definition) is 4. The van der Waals surface area contributed by atoms with Gasteiger partial charge in [0.2, 0.25) is 0 Å². The van der Waals surface area contributed by atoms with Gasteiger partial charge in [0.15, 0.2) is 6.10 Å². The largest absolute Gasteiger partial charge is 0.497 e. The second-order valence-electron chi connectivity index (χ2n) is 5.13. The van der Waals surface area contributed by atoms with E-state index >= 15 is 0 Å². The highest BCUT2D eigenvalue weighted by molar-refractivity contribution is 5.81. The Morgan fingerprint density at radius 1 is 1.36 bits per heavy atom. The number of rotatable bonds is 6. The molecular formula is C16H21N3O3. The third kappa shape index (κ3) is 3.65. The van der Waals surface area contributed by atoms with E-state index in [2.05, 4.69) is 15.5 Å². The smallest absolute Gasteiger partial charge is 0.253 e. The minimum Gasteiger partial charge on any atom is -0.497 e. The lowest BCUT2D eigenvalue weighted by Gasteiger charge is -2.12. The van der Waals surface area contributed by atoms with Crippen LogP contribution in [-0.4, -0.2) is 34.9 Å². The van der Waals surface area contributed by atoms with Crippen LogP contribution in [0.1, 0.15) is 28.6 Å². The maximum atomic E-state index is 12.0. The quantitative estimate of drug-likeness (QED) is 0.753. The minimum atomic E-state index is -1.18. The van der Waals surface area contributed by atoms with Gasteiger partial charge in [-0.05, 0) is 43.5 Å². The van der Waals surface area contributed by atoms with Gasteiger partial charge in [-0.3, -0.25) is 9.89 Å². The Morgan fingerprint density at radius 2 is 2.05 bits per heavy atom. The first-order valence-electron chi connectivity index (χ1n) is 7.13. The molecule has 0 spiro atoms. The van der Waals surface area contributed by atoms with Gasteiger partial charge in [-0.15, -0.1) is 0 Å². The Morgan fingerprint density at radius 3 is 2.59 bits per heavy atom. The van der Waals surface area contributed by atoms with Gasteiger partial charge >= 0.3 is 0 Å². The second kappa shape index (κ2) is 7.09. The maximum absolute atomic E-state index is 12.0. The lowest BCUT2D eigenvalue weighted by atomic mass is 10.1. The second-order valence-corrected chi connectivity index (χ2v) is 5.13. The number of ether oxygens (including phenoxy) is 1. The first-order valence-corrected chi connectivity index (χ1v) is 7.13. The molecule has 1 amide bonds. The van der Waals surface area contributed by atoms with E-state index in [1.54, 1.807) is 31.4 Å². The van der Waals surface area contributed by atoms with Crippen molar-refractivity contribution in [2.45, 2.75) is 26.4 Å². The first kappa shape index (κ1) is 16.0. The van der Waals surface area contributed by atoms with E-state index in [4.69, 9.17) is 4.74 Å². The van der Waals surface area contributed by atoms with Crippen LogP contribution in [0.5, 0.6) is 5.75 Å². The Hall–Kier alpha value is -2.34. The Balaban J connectivity index is 1.88. The average Bonchev–Trinajstić information content (AvgIpc) is 2.86. The number of aromatic nitrogens is 2. The van der Waals surface area contributed by atoms with Gasteiger partial charge in [0.1, 0.15) is 5.75 Å². The molecule has 0 fully saturated rings. The molecule has 118 valence electrons. The number of aliphatic hydroxyl groups is 1. The highest BCUT2D eigenvalue weighted by atomic mass is 16.5. The number of amides is 1. The van der Waals surface area contributed by atoms with Crippen LogP contribution < -0.4 is 10.1 Å². The number of hydrogen-bond donors (Lipinski definition) is 3. The number of aryl methyl sites for hydroxylation is 2. The highest BCUT2D eigenvalue weighted by Crippen LogP contribution is 2.17. The Labute approximate surface area is 129 Å². The normalized spacial score (nSPS) is 12.0. The Bertz CT molecular complexity index is 615. The molecule has 6 nitrogen and oxygen atoms in total. The molecule has 1 atom stereocenters. The molecule has 0 saturated heterocycles. The summed E-state index contributed by atoms with van der Waals surface area (Å²) in [7, 11) is 1.57. The zero-order valence-corrected chi connectivity index (χ0v) is 13.0. The van der Waals surface area contributed by atoms with Gasteiger partial charge in [0.25, 0.3) is 5.91 Å². The number of benzene rings is 1. The Kier molecular flexibility index (Phi) is 5.16. The number of aliphatic hydroxyl groups excluding tert-OH is 1. The van der Waals surface area contributed by atoms with E-state index in [1.807, 2.05) is 13.8 Å². The monoisotopic (exact) mass is 303 g/mol. The lowest BCUT2D eigenvalue weighted by Crippen LogP contribution is -2.31. The van der Waals surface area contributed by atoms with Gasteiger partial charge in [0, 0.05) is 12.2 Å². The van der Waals surface area contributed by atoms with Gasteiger partial charge in [0.05, 0.1) is 12.8 Å². The molecule has 22 heavy (non-hydrogen) atoms. The minimum absolute atomic E-state index is 0.413. The molecule has 0 radical (unpaired) electrons. The summed E-state index contributed by atoms with van der Waals surface area (Å²) in [5.41, 5.74) is 3.57. The number of nitrogens with one attached hydrogen (secondary N) is 2. The summed E-state index contributed by atoms with van der Waals surface area (Å²) in [5.74, 6) is 0.270. The number of nitrogens with zero attached hydrogens (tertiary/aromatic N) is 1. The summed E-state index contributed by atoms with van der Waals surface area (Å²) in [4.78, 5) is 12.0. The van der Waals surface area contributed by atoms with E-state index < -0.39 is 12.0 Å². The molecule has 6 heteroatoms. The summed E-state index contributed by atoms with van der Waals surface area (Å²) < 4.78 is 5.05. The van der Waals surface area contributed by atoms with E-state index in [0.717, 1.165) is 17.0 Å². The molecule has 2 aromatic rings. The molecule has 1 aromatic heterocycles. The van der Waals surface area contributed by atoms with Gasteiger partial charge < -0.3 is 15.2 Å². The third-order valence-corrected chi connectivity index (χ3v) is 3.63. The number of aromatic amines is 1. The zero-order chi connectivity index (χ0) is 16.1. The molecule has 1 aromatic carbocycles. The van der Waals surface area contributed by atoms with Crippen molar-refractivity contribution in [2.24, 2.45) is 0 Å². The van der Waals surface area contributed by atoms with Crippen molar-refractivity contribution in [2.75, 3.05) is 13.7 Å². The molecule has 0 aliphatic rings. The zero-order valence-electron chi connectivity index (χ0n) is 13.0. The predicted molar refractivity (Wildman–Crippen MR) is 82.7 cm³/mol. The predicted octanol–water partition coefficient (Wildman–Crippen LogP) is 1.43. The molecule has 0 bridgehead atoms. The number of methoxy groups -OCH3 is 1. The van der Waals surface area contributed by atoms with Gasteiger partial charge in [-0.25, -0.2) is 0 Å². The molecule has 2 rings (SSSR count). The molecular weight excluding hydrogens is 282 g/mol. The summed E-state index contributed by atoms with van der Waals surface area (Å²) >= 11 is 0. The van der Waals surface area contributed by atoms with Crippen LogP contribution >= 0.6 is 0 Å².